The van der Waals surface area contributed by atoms with Gasteiger partial charge in [0.2, 0.25) is 0 Å². The number of hydrogen-bond acceptors (Lipinski definition) is 4. The highest BCUT2D eigenvalue weighted by Crippen LogP contribution is 2.45. The van der Waals surface area contributed by atoms with E-state index in [2.05, 4.69) is 16.0 Å². The summed E-state index contributed by atoms with van der Waals surface area (Å²) in [5.74, 6) is 0.619. The molecule has 1 aliphatic rings. The van der Waals surface area contributed by atoms with Crippen molar-refractivity contribution in [1.82, 2.24) is 9.97 Å². The van der Waals surface area contributed by atoms with Crippen LogP contribution in [0.4, 0.5) is 0 Å². The Morgan fingerprint density at radius 2 is 2.36 bits per heavy atom. The topological polar surface area (TPSA) is 58.8 Å². The zero-order valence-corrected chi connectivity index (χ0v) is 8.03. The molecule has 0 saturated heterocycles. The number of nitriles is 1. The van der Waals surface area contributed by atoms with Crippen molar-refractivity contribution in [2.45, 2.75) is 24.7 Å². The highest BCUT2D eigenvalue weighted by molar-refractivity contribution is 5.38. The first-order valence-corrected chi connectivity index (χ1v) is 4.58. The molecule has 1 aromatic rings. The second-order valence-corrected chi connectivity index (χ2v) is 3.49. The average Bonchev–Trinajstić information content (AvgIpc) is 2.18. The van der Waals surface area contributed by atoms with E-state index >= 15 is 0 Å². The van der Waals surface area contributed by atoms with Crippen LogP contribution in [0.15, 0.2) is 12.5 Å². The van der Waals surface area contributed by atoms with Gasteiger partial charge in [0.25, 0.3) is 0 Å². The van der Waals surface area contributed by atoms with Crippen molar-refractivity contribution in [2.75, 3.05) is 7.11 Å². The van der Waals surface area contributed by atoms with Gasteiger partial charge < -0.3 is 4.74 Å². The van der Waals surface area contributed by atoms with Gasteiger partial charge in [-0.15, -0.1) is 0 Å². The molecule has 0 atom stereocenters. The molecular weight excluding hydrogens is 178 g/mol. The molecule has 0 spiro atoms. The van der Waals surface area contributed by atoms with Crippen LogP contribution >= 0.6 is 0 Å². The Balaban J connectivity index is 2.45. The second kappa shape index (κ2) is 3.26. The molecule has 0 bridgehead atoms. The summed E-state index contributed by atoms with van der Waals surface area (Å²) in [6.45, 7) is 0. The van der Waals surface area contributed by atoms with E-state index in [0.717, 1.165) is 25.0 Å². The van der Waals surface area contributed by atoms with Crippen molar-refractivity contribution in [2.24, 2.45) is 0 Å². The third-order valence-corrected chi connectivity index (χ3v) is 2.77. The van der Waals surface area contributed by atoms with E-state index in [9.17, 15) is 0 Å². The highest BCUT2D eigenvalue weighted by atomic mass is 16.5. The Morgan fingerprint density at radius 3 is 2.86 bits per heavy atom. The molecule has 1 saturated carbocycles. The molecule has 1 heterocycles. The molecule has 2 rings (SSSR count). The fraction of sp³-hybridized carbons (Fsp3) is 0.500. The molecule has 1 aromatic heterocycles. The summed E-state index contributed by atoms with van der Waals surface area (Å²) in [4.78, 5) is 8.03. The zero-order chi connectivity index (χ0) is 10.0. The van der Waals surface area contributed by atoms with Gasteiger partial charge in [-0.2, -0.15) is 5.26 Å². The summed E-state index contributed by atoms with van der Waals surface area (Å²) in [6, 6.07) is 2.34. The van der Waals surface area contributed by atoms with Crippen LogP contribution in [-0.4, -0.2) is 17.1 Å². The summed E-state index contributed by atoms with van der Waals surface area (Å²) >= 11 is 0. The molecule has 0 amide bonds. The number of methoxy groups -OCH3 is 1. The first-order chi connectivity index (χ1) is 6.82. The van der Waals surface area contributed by atoms with Crippen molar-refractivity contribution < 1.29 is 4.74 Å². The SMILES string of the molecule is COc1cncnc1C1(C#N)CCC1. The number of hydrogen-bond donors (Lipinski definition) is 0. The Bertz CT molecular complexity index is 379. The van der Waals surface area contributed by atoms with Gasteiger partial charge in [-0.05, 0) is 19.3 Å². The number of aromatic nitrogens is 2. The lowest BCUT2D eigenvalue weighted by molar-refractivity contribution is 0.297. The molecule has 72 valence electrons. The molecule has 1 aliphatic carbocycles. The van der Waals surface area contributed by atoms with Crippen molar-refractivity contribution >= 4 is 0 Å². The Labute approximate surface area is 82.6 Å². The predicted molar refractivity (Wildman–Crippen MR) is 49.7 cm³/mol. The van der Waals surface area contributed by atoms with Crippen molar-refractivity contribution in [3.63, 3.8) is 0 Å². The van der Waals surface area contributed by atoms with E-state index in [0.29, 0.717) is 5.75 Å². The Hall–Kier alpha value is -1.63. The smallest absolute Gasteiger partial charge is 0.160 e. The summed E-state index contributed by atoms with van der Waals surface area (Å²) < 4.78 is 5.15. The largest absolute Gasteiger partial charge is 0.493 e. The monoisotopic (exact) mass is 189 g/mol. The van der Waals surface area contributed by atoms with Crippen LogP contribution in [-0.2, 0) is 5.41 Å². The van der Waals surface area contributed by atoms with Crippen molar-refractivity contribution in [3.8, 4) is 11.8 Å². The maximum atomic E-state index is 9.14. The molecule has 0 N–H and O–H groups in total. The first kappa shape index (κ1) is 8.95. The van der Waals surface area contributed by atoms with Gasteiger partial charge in [-0.25, -0.2) is 9.97 Å². The molecule has 0 unspecified atom stereocenters. The second-order valence-electron chi connectivity index (χ2n) is 3.49. The van der Waals surface area contributed by atoms with Crippen molar-refractivity contribution in [3.05, 3.63) is 18.2 Å². The van der Waals surface area contributed by atoms with Crippen LogP contribution in [0, 0.1) is 11.3 Å². The van der Waals surface area contributed by atoms with Gasteiger partial charge in [0.05, 0.1) is 19.4 Å². The molecule has 1 fully saturated rings. The Morgan fingerprint density at radius 1 is 1.57 bits per heavy atom. The first-order valence-electron chi connectivity index (χ1n) is 4.58. The molecule has 0 aromatic carbocycles. The molecular formula is C10H11N3O. The number of nitrogens with zero attached hydrogens (tertiary/aromatic N) is 3. The predicted octanol–water partition coefficient (Wildman–Crippen LogP) is 1.43. The molecule has 0 aliphatic heterocycles. The van der Waals surface area contributed by atoms with E-state index in [1.54, 1.807) is 13.3 Å². The molecule has 14 heavy (non-hydrogen) atoms. The van der Waals surface area contributed by atoms with Crippen molar-refractivity contribution in [1.29, 1.82) is 5.26 Å². The molecule has 4 nitrogen and oxygen atoms in total. The van der Waals surface area contributed by atoms with Crippen LogP contribution in [0.25, 0.3) is 0 Å². The zero-order valence-electron chi connectivity index (χ0n) is 8.03. The van der Waals surface area contributed by atoms with E-state index in [1.165, 1.54) is 6.33 Å². The lowest BCUT2D eigenvalue weighted by Crippen LogP contribution is -2.33. The van der Waals surface area contributed by atoms with Gasteiger partial charge in [0.15, 0.2) is 5.75 Å². The summed E-state index contributed by atoms with van der Waals surface area (Å²) in [5.41, 5.74) is 0.317. The van der Waals surface area contributed by atoms with Crippen LogP contribution in [0.5, 0.6) is 5.75 Å². The maximum absolute atomic E-state index is 9.14. The van der Waals surface area contributed by atoms with Crippen LogP contribution in [0.3, 0.4) is 0 Å². The minimum Gasteiger partial charge on any atom is -0.493 e. The molecule has 0 radical (unpaired) electrons. The third kappa shape index (κ3) is 1.13. The van der Waals surface area contributed by atoms with Crippen LogP contribution in [0.1, 0.15) is 25.0 Å². The van der Waals surface area contributed by atoms with Crippen LogP contribution < -0.4 is 4.74 Å². The fourth-order valence-corrected chi connectivity index (χ4v) is 1.76. The maximum Gasteiger partial charge on any atom is 0.160 e. The highest BCUT2D eigenvalue weighted by Gasteiger charge is 2.42. The summed E-state index contributed by atoms with van der Waals surface area (Å²) in [5, 5.41) is 9.14. The minimum absolute atomic E-state index is 0.422. The fourth-order valence-electron chi connectivity index (χ4n) is 1.76. The van der Waals surface area contributed by atoms with E-state index in [1.807, 2.05) is 0 Å². The summed E-state index contributed by atoms with van der Waals surface area (Å²) in [7, 11) is 1.58. The summed E-state index contributed by atoms with van der Waals surface area (Å²) in [6.07, 6.45) is 5.91. The van der Waals surface area contributed by atoms with Gasteiger partial charge >= 0.3 is 0 Å². The average molecular weight is 189 g/mol. The van der Waals surface area contributed by atoms with Crippen LogP contribution in [0.2, 0.25) is 0 Å². The van der Waals surface area contributed by atoms with Gasteiger partial charge in [-0.3, -0.25) is 0 Å². The van der Waals surface area contributed by atoms with Gasteiger partial charge in [0, 0.05) is 0 Å². The van der Waals surface area contributed by atoms with E-state index in [4.69, 9.17) is 10.00 Å². The standard InChI is InChI=1S/C10H11N3O/c1-14-8-5-12-7-13-9(8)10(6-11)3-2-4-10/h5,7H,2-4H2,1H3. The third-order valence-electron chi connectivity index (χ3n) is 2.77. The lowest BCUT2D eigenvalue weighted by Gasteiger charge is -2.34. The normalized spacial score (nSPS) is 18.0. The Kier molecular flexibility index (Phi) is 2.08. The van der Waals surface area contributed by atoms with Gasteiger partial charge in [0.1, 0.15) is 17.4 Å². The quantitative estimate of drug-likeness (QED) is 0.706. The number of ether oxygens (including phenoxy) is 1. The van der Waals surface area contributed by atoms with E-state index < -0.39 is 5.41 Å². The van der Waals surface area contributed by atoms with E-state index in [-0.39, 0.29) is 0 Å². The minimum atomic E-state index is -0.422. The lowest BCUT2D eigenvalue weighted by atomic mass is 9.67. The number of rotatable bonds is 2. The molecule has 4 heteroatoms. The van der Waals surface area contributed by atoms with Gasteiger partial charge in [-0.1, -0.05) is 0 Å².